The molecular formula is C18H25N3O4. The van der Waals surface area contributed by atoms with Crippen LogP contribution in [0, 0.1) is 18.3 Å². The highest BCUT2D eigenvalue weighted by Crippen LogP contribution is 2.31. The van der Waals surface area contributed by atoms with Gasteiger partial charge < -0.3 is 15.2 Å². The maximum absolute atomic E-state index is 12.6. The van der Waals surface area contributed by atoms with Crippen molar-refractivity contribution in [1.82, 2.24) is 0 Å². The lowest BCUT2D eigenvalue weighted by atomic mass is 10.1. The Morgan fingerprint density at radius 1 is 1.04 bits per heavy atom. The number of nitrogen functional groups attached to an aromatic ring is 1. The number of carbonyl (C=O) groups is 2. The number of rotatable bonds is 1. The first kappa shape index (κ1) is 20.3. The first-order chi connectivity index (χ1) is 11.2. The molecule has 0 aliphatic rings. The first-order valence-electron chi connectivity index (χ1n) is 7.81. The molecule has 0 fully saturated rings. The molecule has 0 heterocycles. The summed E-state index contributed by atoms with van der Waals surface area (Å²) in [7, 11) is 0. The van der Waals surface area contributed by atoms with E-state index in [-0.39, 0.29) is 11.4 Å². The number of carbonyl (C=O) groups excluding carboxylic acids is 2. The van der Waals surface area contributed by atoms with Gasteiger partial charge in [-0.15, -0.1) is 0 Å². The van der Waals surface area contributed by atoms with Crippen molar-refractivity contribution in [3.63, 3.8) is 0 Å². The Kier molecular flexibility index (Phi) is 5.69. The molecule has 1 rings (SSSR count). The van der Waals surface area contributed by atoms with Crippen LogP contribution in [0.4, 0.5) is 21.0 Å². The van der Waals surface area contributed by atoms with Gasteiger partial charge in [-0.25, -0.2) is 9.59 Å². The lowest BCUT2D eigenvalue weighted by Gasteiger charge is -2.30. The summed E-state index contributed by atoms with van der Waals surface area (Å²) in [6.45, 7) is 11.8. The summed E-state index contributed by atoms with van der Waals surface area (Å²) in [4.78, 5) is 26.0. The van der Waals surface area contributed by atoms with Gasteiger partial charge in [0.1, 0.15) is 11.2 Å². The standard InChI is InChI=1S/C18H25N3O4/c1-11-8-12(10-19)9-13(20)14(11)21(15(22)24-17(2,3)4)16(23)25-18(5,6)7/h8-9H,20H2,1-7H3. The number of hydrogen-bond acceptors (Lipinski definition) is 6. The van der Waals surface area contributed by atoms with Crippen molar-refractivity contribution in [2.75, 3.05) is 10.6 Å². The summed E-state index contributed by atoms with van der Waals surface area (Å²) in [6.07, 6.45) is -1.80. The normalized spacial score (nSPS) is 11.4. The van der Waals surface area contributed by atoms with Gasteiger partial charge in [0, 0.05) is 0 Å². The molecule has 0 atom stereocenters. The highest BCUT2D eigenvalue weighted by Gasteiger charge is 2.34. The topological polar surface area (TPSA) is 106 Å². The van der Waals surface area contributed by atoms with Crippen molar-refractivity contribution in [3.8, 4) is 6.07 Å². The summed E-state index contributed by atoms with van der Waals surface area (Å²) < 4.78 is 10.6. The van der Waals surface area contributed by atoms with Gasteiger partial charge in [0.2, 0.25) is 0 Å². The van der Waals surface area contributed by atoms with Crippen molar-refractivity contribution in [2.24, 2.45) is 0 Å². The highest BCUT2D eigenvalue weighted by molar-refractivity contribution is 6.12. The number of nitrogens with zero attached hydrogens (tertiary/aromatic N) is 2. The number of nitrogens with two attached hydrogens (primary N) is 1. The highest BCUT2D eigenvalue weighted by atomic mass is 16.6. The van der Waals surface area contributed by atoms with Crippen molar-refractivity contribution < 1.29 is 19.1 Å². The molecule has 7 nitrogen and oxygen atoms in total. The molecule has 1 aromatic rings. The molecule has 0 aliphatic carbocycles. The summed E-state index contributed by atoms with van der Waals surface area (Å²) in [5.41, 5.74) is 5.42. The largest absolute Gasteiger partial charge is 0.443 e. The van der Waals surface area contributed by atoms with Crippen molar-refractivity contribution in [3.05, 3.63) is 23.3 Å². The average molecular weight is 347 g/mol. The van der Waals surface area contributed by atoms with E-state index >= 15 is 0 Å². The minimum Gasteiger partial charge on any atom is -0.443 e. The lowest BCUT2D eigenvalue weighted by Crippen LogP contribution is -2.44. The van der Waals surface area contributed by atoms with Crippen LogP contribution >= 0.6 is 0 Å². The molecule has 0 saturated carbocycles. The van der Waals surface area contributed by atoms with Crippen LogP contribution in [-0.4, -0.2) is 23.4 Å². The number of amides is 2. The van der Waals surface area contributed by atoms with Crippen LogP contribution in [0.15, 0.2) is 12.1 Å². The number of aryl methyl sites for hydroxylation is 1. The molecule has 0 aromatic heterocycles. The van der Waals surface area contributed by atoms with Crippen LogP contribution in [0.5, 0.6) is 0 Å². The number of hydrogen-bond donors (Lipinski definition) is 1. The molecule has 2 amide bonds. The van der Waals surface area contributed by atoms with Crippen LogP contribution in [-0.2, 0) is 9.47 Å². The van der Waals surface area contributed by atoms with E-state index in [1.807, 2.05) is 6.07 Å². The zero-order chi connectivity index (χ0) is 19.6. The maximum atomic E-state index is 12.6. The third-order valence-corrected chi connectivity index (χ3v) is 2.83. The van der Waals surface area contributed by atoms with E-state index in [0.29, 0.717) is 11.1 Å². The third-order valence-electron chi connectivity index (χ3n) is 2.83. The summed E-state index contributed by atoms with van der Waals surface area (Å²) in [5, 5.41) is 9.04. The molecule has 7 heteroatoms. The first-order valence-corrected chi connectivity index (χ1v) is 7.81. The van der Waals surface area contributed by atoms with Gasteiger partial charge >= 0.3 is 12.2 Å². The van der Waals surface area contributed by atoms with Crippen molar-refractivity contribution in [2.45, 2.75) is 59.7 Å². The molecule has 0 aliphatic heterocycles. The number of ether oxygens (including phenoxy) is 2. The van der Waals surface area contributed by atoms with Gasteiger partial charge in [0.15, 0.2) is 0 Å². The molecule has 2 N–H and O–H groups in total. The van der Waals surface area contributed by atoms with Gasteiger partial charge in [-0.1, -0.05) is 0 Å². The number of benzene rings is 1. The summed E-state index contributed by atoms with van der Waals surface area (Å²) in [5.74, 6) is 0. The molecule has 1 aromatic carbocycles. The van der Waals surface area contributed by atoms with E-state index in [4.69, 9.17) is 20.5 Å². The van der Waals surface area contributed by atoms with E-state index in [9.17, 15) is 9.59 Å². The van der Waals surface area contributed by atoms with E-state index < -0.39 is 23.4 Å². The molecule has 0 spiro atoms. The Morgan fingerprint density at radius 2 is 1.48 bits per heavy atom. The Bertz CT molecular complexity index is 670. The lowest BCUT2D eigenvalue weighted by molar-refractivity contribution is 0.0430. The third kappa shape index (κ3) is 5.68. The Balaban J connectivity index is 3.45. The second kappa shape index (κ2) is 7.01. The molecule has 0 saturated heterocycles. The Hall–Kier alpha value is -2.75. The molecule has 136 valence electrons. The quantitative estimate of drug-likeness (QED) is 0.766. The zero-order valence-corrected chi connectivity index (χ0v) is 15.8. The van der Waals surface area contributed by atoms with E-state index in [1.54, 1.807) is 48.5 Å². The average Bonchev–Trinajstić information content (AvgIpc) is 2.37. The van der Waals surface area contributed by atoms with E-state index in [1.165, 1.54) is 12.1 Å². The van der Waals surface area contributed by atoms with Crippen LogP contribution in [0.25, 0.3) is 0 Å². The molecular weight excluding hydrogens is 322 g/mol. The van der Waals surface area contributed by atoms with Crippen LogP contribution < -0.4 is 10.6 Å². The molecule has 0 bridgehead atoms. The number of nitriles is 1. The predicted molar refractivity (Wildman–Crippen MR) is 95.3 cm³/mol. The van der Waals surface area contributed by atoms with E-state index in [2.05, 4.69) is 0 Å². The fraction of sp³-hybridized carbons (Fsp3) is 0.500. The summed E-state index contributed by atoms with van der Waals surface area (Å²) in [6, 6.07) is 4.91. The number of anilines is 2. The van der Waals surface area contributed by atoms with Gasteiger partial charge in [-0.3, -0.25) is 0 Å². The second-order valence-electron chi connectivity index (χ2n) is 7.64. The maximum Gasteiger partial charge on any atom is 0.424 e. The number of imide groups is 1. The van der Waals surface area contributed by atoms with Crippen molar-refractivity contribution in [1.29, 1.82) is 5.26 Å². The van der Waals surface area contributed by atoms with Gasteiger partial charge in [0.05, 0.1) is 23.0 Å². The van der Waals surface area contributed by atoms with Crippen LogP contribution in [0.1, 0.15) is 52.7 Å². The van der Waals surface area contributed by atoms with Gasteiger partial charge in [0.25, 0.3) is 0 Å². The predicted octanol–water partition coefficient (Wildman–Crippen LogP) is 4.13. The molecule has 0 unspecified atom stereocenters. The SMILES string of the molecule is Cc1cc(C#N)cc(N)c1N(C(=O)OC(C)(C)C)C(=O)OC(C)(C)C. The second-order valence-corrected chi connectivity index (χ2v) is 7.64. The summed E-state index contributed by atoms with van der Waals surface area (Å²) >= 11 is 0. The van der Waals surface area contributed by atoms with Crippen molar-refractivity contribution >= 4 is 23.6 Å². The van der Waals surface area contributed by atoms with Gasteiger partial charge in [-0.05, 0) is 66.2 Å². The van der Waals surface area contributed by atoms with Crippen LogP contribution in [0.3, 0.4) is 0 Å². The minimum absolute atomic E-state index is 0.105. The minimum atomic E-state index is -0.902. The fourth-order valence-electron chi connectivity index (χ4n) is 2.05. The molecule has 25 heavy (non-hydrogen) atoms. The van der Waals surface area contributed by atoms with Gasteiger partial charge in [-0.2, -0.15) is 10.2 Å². The Labute approximate surface area is 148 Å². The monoisotopic (exact) mass is 347 g/mol. The van der Waals surface area contributed by atoms with Crippen LogP contribution in [0.2, 0.25) is 0 Å². The fourth-order valence-corrected chi connectivity index (χ4v) is 2.05. The smallest absolute Gasteiger partial charge is 0.424 e. The Morgan fingerprint density at radius 3 is 1.80 bits per heavy atom. The zero-order valence-electron chi connectivity index (χ0n) is 15.8. The molecule has 0 radical (unpaired) electrons. The van der Waals surface area contributed by atoms with E-state index in [0.717, 1.165) is 4.90 Å².